The largest absolute Gasteiger partial charge is 0.491 e. The van der Waals surface area contributed by atoms with Gasteiger partial charge in [-0.05, 0) is 74.9 Å². The van der Waals surface area contributed by atoms with E-state index in [4.69, 9.17) is 16.3 Å². The van der Waals surface area contributed by atoms with Crippen molar-refractivity contribution in [1.29, 1.82) is 0 Å². The number of fused-ring (bicyclic) bond motifs is 1. The van der Waals surface area contributed by atoms with Gasteiger partial charge in [-0.15, -0.1) is 11.3 Å². The van der Waals surface area contributed by atoms with E-state index < -0.39 is 0 Å². The van der Waals surface area contributed by atoms with E-state index in [0.717, 1.165) is 23.3 Å². The molecule has 1 aliphatic rings. The van der Waals surface area contributed by atoms with Gasteiger partial charge in [-0.2, -0.15) is 0 Å². The first-order chi connectivity index (χ1) is 14.8. The van der Waals surface area contributed by atoms with E-state index in [0.29, 0.717) is 24.7 Å². The fourth-order valence-electron chi connectivity index (χ4n) is 3.73. The molecule has 1 N–H and O–H groups in total. The lowest BCUT2D eigenvalue weighted by molar-refractivity contribution is -0.135. The fourth-order valence-corrected chi connectivity index (χ4v) is 4.78. The van der Waals surface area contributed by atoms with Gasteiger partial charge in [-0.25, -0.2) is 4.79 Å². The Morgan fingerprint density at radius 3 is 2.81 bits per heavy atom. The first-order valence-electron chi connectivity index (χ1n) is 10.6. The fraction of sp³-hybridized carbons (Fsp3) is 0.478. The van der Waals surface area contributed by atoms with E-state index in [2.05, 4.69) is 16.8 Å². The van der Waals surface area contributed by atoms with Gasteiger partial charge in [-0.3, -0.25) is 4.79 Å². The Hall–Kier alpha value is -2.25. The number of amides is 3. The van der Waals surface area contributed by atoms with Crippen LogP contribution < -0.4 is 10.1 Å². The normalized spacial score (nSPS) is 15.5. The zero-order chi connectivity index (χ0) is 22.5. The molecular weight excluding hydrogens is 434 g/mol. The number of urea groups is 1. The molecule has 0 fully saturated rings. The summed E-state index contributed by atoms with van der Waals surface area (Å²) in [5.41, 5.74) is 2.07. The number of hydrogen-bond donors (Lipinski definition) is 1. The predicted octanol–water partition coefficient (Wildman–Crippen LogP) is 4.65. The van der Waals surface area contributed by atoms with Gasteiger partial charge in [0, 0.05) is 29.0 Å². The summed E-state index contributed by atoms with van der Waals surface area (Å²) < 4.78 is 6.09. The highest BCUT2D eigenvalue weighted by Gasteiger charge is 2.34. The Morgan fingerprint density at radius 1 is 1.35 bits per heavy atom. The maximum Gasteiger partial charge on any atom is 0.318 e. The highest BCUT2D eigenvalue weighted by molar-refractivity contribution is 7.10. The number of ether oxygens (including phenoxy) is 1. The maximum atomic E-state index is 13.3. The van der Waals surface area contributed by atoms with Crippen LogP contribution in [0, 0.1) is 6.92 Å². The van der Waals surface area contributed by atoms with Gasteiger partial charge in [0.25, 0.3) is 0 Å². The Bertz CT molecular complexity index is 931. The third-order valence-electron chi connectivity index (χ3n) is 5.47. The molecule has 168 valence electrons. The molecule has 1 atom stereocenters. The first kappa shape index (κ1) is 23.4. The number of nitrogens with zero attached hydrogens (tertiary/aromatic N) is 2. The van der Waals surface area contributed by atoms with Crippen LogP contribution in [0.2, 0.25) is 5.02 Å². The van der Waals surface area contributed by atoms with Crippen LogP contribution in [0.3, 0.4) is 0 Å². The SMILES string of the molecule is CCNC(=O)N(CC(=O)N1CCc2sccc2[C@@H]1COc1ccc(Cl)c(C)c1)C(C)C. The average molecular weight is 464 g/mol. The van der Waals surface area contributed by atoms with Gasteiger partial charge in [0.15, 0.2) is 0 Å². The van der Waals surface area contributed by atoms with E-state index in [1.54, 1.807) is 16.2 Å². The molecular formula is C23H30ClN3O3S. The minimum atomic E-state index is -0.219. The third kappa shape index (κ3) is 5.52. The molecule has 31 heavy (non-hydrogen) atoms. The van der Waals surface area contributed by atoms with Gasteiger partial charge < -0.3 is 19.9 Å². The summed E-state index contributed by atoms with van der Waals surface area (Å²) in [6.07, 6.45) is 0.818. The molecule has 3 amide bonds. The molecule has 8 heteroatoms. The summed E-state index contributed by atoms with van der Waals surface area (Å²) in [5, 5.41) is 5.56. The molecule has 0 bridgehead atoms. The van der Waals surface area contributed by atoms with Crippen LogP contribution in [0.15, 0.2) is 29.6 Å². The number of rotatable bonds is 7. The van der Waals surface area contributed by atoms with Crippen molar-refractivity contribution >= 4 is 34.9 Å². The molecule has 0 unspecified atom stereocenters. The zero-order valence-corrected chi connectivity index (χ0v) is 20.1. The zero-order valence-electron chi connectivity index (χ0n) is 18.5. The number of carbonyl (C=O) groups excluding carboxylic acids is 2. The van der Waals surface area contributed by atoms with Crippen molar-refractivity contribution in [3.63, 3.8) is 0 Å². The van der Waals surface area contributed by atoms with Gasteiger partial charge in [0.05, 0.1) is 6.04 Å². The number of carbonyl (C=O) groups is 2. The summed E-state index contributed by atoms with van der Waals surface area (Å²) in [7, 11) is 0. The molecule has 1 aliphatic heterocycles. The lowest BCUT2D eigenvalue weighted by Crippen LogP contribution is -2.51. The van der Waals surface area contributed by atoms with E-state index in [1.807, 2.05) is 50.8 Å². The van der Waals surface area contributed by atoms with E-state index >= 15 is 0 Å². The summed E-state index contributed by atoms with van der Waals surface area (Å²) in [6.45, 7) is 9.16. The van der Waals surface area contributed by atoms with Crippen molar-refractivity contribution in [1.82, 2.24) is 15.1 Å². The molecule has 0 aliphatic carbocycles. The number of aryl methyl sites for hydroxylation is 1. The Kier molecular flexibility index (Phi) is 7.84. The molecule has 0 radical (unpaired) electrons. The summed E-state index contributed by atoms with van der Waals surface area (Å²) in [6, 6.07) is 7.15. The van der Waals surface area contributed by atoms with Crippen LogP contribution in [0.5, 0.6) is 5.75 Å². The molecule has 0 saturated heterocycles. The Morgan fingerprint density at radius 2 is 2.13 bits per heavy atom. The number of benzene rings is 1. The van der Waals surface area contributed by atoms with Gasteiger partial charge in [0.1, 0.15) is 18.9 Å². The summed E-state index contributed by atoms with van der Waals surface area (Å²) >= 11 is 7.84. The number of halogens is 1. The minimum Gasteiger partial charge on any atom is -0.491 e. The molecule has 2 aromatic rings. The second-order valence-corrected chi connectivity index (χ2v) is 9.34. The Balaban J connectivity index is 1.78. The number of nitrogens with one attached hydrogen (secondary N) is 1. The topological polar surface area (TPSA) is 61.9 Å². The molecule has 3 rings (SSSR count). The van der Waals surface area contributed by atoms with Crippen LogP contribution >= 0.6 is 22.9 Å². The van der Waals surface area contributed by atoms with Crippen LogP contribution in [0.25, 0.3) is 0 Å². The number of thiophene rings is 1. The summed E-state index contributed by atoms with van der Waals surface area (Å²) in [5.74, 6) is 0.653. The predicted molar refractivity (Wildman–Crippen MR) is 125 cm³/mol. The monoisotopic (exact) mass is 463 g/mol. The van der Waals surface area contributed by atoms with Crippen LogP contribution in [0.4, 0.5) is 4.79 Å². The van der Waals surface area contributed by atoms with Gasteiger partial charge in [0.2, 0.25) is 5.91 Å². The lowest BCUT2D eigenvalue weighted by atomic mass is 10.0. The van der Waals surface area contributed by atoms with Gasteiger partial charge >= 0.3 is 6.03 Å². The third-order valence-corrected chi connectivity index (χ3v) is 6.89. The average Bonchev–Trinajstić information content (AvgIpc) is 3.21. The molecule has 6 nitrogen and oxygen atoms in total. The van der Waals surface area contributed by atoms with Crippen molar-refractivity contribution in [2.24, 2.45) is 0 Å². The van der Waals surface area contributed by atoms with Crippen molar-refractivity contribution in [2.75, 3.05) is 26.2 Å². The molecule has 0 spiro atoms. The van der Waals surface area contributed by atoms with Crippen molar-refractivity contribution < 1.29 is 14.3 Å². The second-order valence-electron chi connectivity index (χ2n) is 7.93. The van der Waals surface area contributed by atoms with Crippen LogP contribution in [0.1, 0.15) is 42.8 Å². The van der Waals surface area contributed by atoms with Crippen LogP contribution in [-0.2, 0) is 11.2 Å². The smallest absolute Gasteiger partial charge is 0.318 e. The lowest BCUT2D eigenvalue weighted by Gasteiger charge is -2.37. The maximum absolute atomic E-state index is 13.3. The van der Waals surface area contributed by atoms with Crippen molar-refractivity contribution in [3.8, 4) is 5.75 Å². The second kappa shape index (κ2) is 10.4. The molecule has 2 heterocycles. The quantitative estimate of drug-likeness (QED) is 0.649. The highest BCUT2D eigenvalue weighted by Crippen LogP contribution is 2.34. The molecule has 0 saturated carbocycles. The Labute approximate surface area is 193 Å². The molecule has 1 aromatic carbocycles. The highest BCUT2D eigenvalue weighted by atomic mass is 35.5. The van der Waals surface area contributed by atoms with Gasteiger partial charge in [-0.1, -0.05) is 11.6 Å². The van der Waals surface area contributed by atoms with Crippen molar-refractivity contribution in [2.45, 2.75) is 46.2 Å². The van der Waals surface area contributed by atoms with Crippen molar-refractivity contribution in [3.05, 3.63) is 50.7 Å². The summed E-state index contributed by atoms with van der Waals surface area (Å²) in [4.78, 5) is 30.4. The molecule has 1 aromatic heterocycles. The van der Waals surface area contributed by atoms with E-state index in [-0.39, 0.29) is 30.6 Å². The van der Waals surface area contributed by atoms with E-state index in [9.17, 15) is 9.59 Å². The minimum absolute atomic E-state index is 0.0412. The van der Waals surface area contributed by atoms with E-state index in [1.165, 1.54) is 4.88 Å². The van der Waals surface area contributed by atoms with Crippen LogP contribution in [-0.4, -0.2) is 54.0 Å². The number of hydrogen-bond acceptors (Lipinski definition) is 4. The first-order valence-corrected chi connectivity index (χ1v) is 11.9. The standard InChI is InChI=1S/C23H30ClN3O3S/c1-5-25-23(29)27(15(2)3)13-22(28)26-10-8-21-18(9-11-31-21)20(26)14-30-17-6-7-19(24)16(4)12-17/h6-7,9,11-12,15,20H,5,8,10,13-14H2,1-4H3,(H,25,29)/t20-/m0/s1.